The van der Waals surface area contributed by atoms with Crippen molar-refractivity contribution in [2.75, 3.05) is 6.61 Å². The van der Waals surface area contributed by atoms with Gasteiger partial charge in [-0.25, -0.2) is 13.2 Å². The summed E-state index contributed by atoms with van der Waals surface area (Å²) < 4.78 is 49.5. The molecule has 34 heavy (non-hydrogen) atoms. The van der Waals surface area contributed by atoms with Crippen LogP contribution in [-0.2, 0) is 24.2 Å². The van der Waals surface area contributed by atoms with Gasteiger partial charge in [0.1, 0.15) is 5.82 Å². The number of aliphatic hydroxyl groups excluding tert-OH is 1. The molecule has 1 saturated carbocycles. The molecule has 0 aliphatic heterocycles. The number of benzene rings is 3. The molecule has 1 aliphatic carbocycles. The maximum Gasteiger partial charge on any atom is 0.166 e. The lowest BCUT2D eigenvalue weighted by molar-refractivity contribution is 0.122. The minimum Gasteiger partial charge on any atom is -0.393 e. The summed E-state index contributed by atoms with van der Waals surface area (Å²) in [6, 6.07) is 15.9. The minimum absolute atomic E-state index is 0.0528. The van der Waals surface area contributed by atoms with Crippen molar-refractivity contribution < 1.29 is 23.0 Å². The Kier molecular flexibility index (Phi) is 8.07. The van der Waals surface area contributed by atoms with Crippen molar-refractivity contribution in [3.8, 4) is 11.1 Å². The van der Waals surface area contributed by atoms with Crippen LogP contribution in [0.5, 0.6) is 0 Å². The third-order valence-corrected chi connectivity index (χ3v) is 6.79. The van der Waals surface area contributed by atoms with Gasteiger partial charge in [-0.3, -0.25) is 0 Å². The quantitative estimate of drug-likeness (QED) is 0.382. The van der Waals surface area contributed by atoms with Crippen LogP contribution in [0.2, 0.25) is 0 Å². The summed E-state index contributed by atoms with van der Waals surface area (Å²) in [5.41, 5.74) is 3.70. The van der Waals surface area contributed by atoms with Gasteiger partial charge in [0.15, 0.2) is 11.6 Å². The Balaban J connectivity index is 1.42. The second kappa shape index (κ2) is 11.2. The molecule has 0 unspecified atom stereocenters. The molecule has 1 N–H and O–H groups in total. The molecular weight excluding hydrogens is 437 g/mol. The Hall–Kier alpha value is -2.63. The molecule has 0 saturated heterocycles. The molecule has 180 valence electrons. The number of hydrogen-bond donors (Lipinski definition) is 1. The third kappa shape index (κ3) is 5.70. The highest BCUT2D eigenvalue weighted by Crippen LogP contribution is 2.37. The number of halogens is 3. The van der Waals surface area contributed by atoms with E-state index >= 15 is 0 Å². The van der Waals surface area contributed by atoms with Crippen LogP contribution in [0, 0.1) is 17.5 Å². The van der Waals surface area contributed by atoms with E-state index in [0.717, 1.165) is 11.1 Å². The molecule has 0 heterocycles. The van der Waals surface area contributed by atoms with Gasteiger partial charge >= 0.3 is 0 Å². The van der Waals surface area contributed by atoms with Crippen molar-refractivity contribution in [2.24, 2.45) is 0 Å². The lowest BCUT2D eigenvalue weighted by atomic mass is 9.82. The van der Waals surface area contributed by atoms with Gasteiger partial charge in [-0.15, -0.1) is 0 Å². The van der Waals surface area contributed by atoms with Crippen LogP contribution in [0.1, 0.15) is 60.8 Å². The van der Waals surface area contributed by atoms with Gasteiger partial charge in [0.25, 0.3) is 0 Å². The summed E-state index contributed by atoms with van der Waals surface area (Å²) in [6.07, 6.45) is 3.44. The van der Waals surface area contributed by atoms with Crippen LogP contribution in [0.15, 0.2) is 54.6 Å². The Labute approximate surface area is 199 Å². The van der Waals surface area contributed by atoms with Crippen LogP contribution in [0.4, 0.5) is 13.2 Å². The Bertz CT molecular complexity index is 1100. The Morgan fingerprint density at radius 1 is 0.824 bits per heavy atom. The van der Waals surface area contributed by atoms with Gasteiger partial charge < -0.3 is 9.84 Å². The molecule has 3 aromatic carbocycles. The number of aryl methyl sites for hydroxylation is 2. The summed E-state index contributed by atoms with van der Waals surface area (Å²) in [6.45, 7) is 2.89. The highest BCUT2D eigenvalue weighted by Gasteiger charge is 2.25. The van der Waals surface area contributed by atoms with Gasteiger partial charge in [-0.1, -0.05) is 48.5 Å². The highest BCUT2D eigenvalue weighted by molar-refractivity contribution is 5.65. The first-order valence-electron chi connectivity index (χ1n) is 12.1. The molecule has 0 aromatic heterocycles. The van der Waals surface area contributed by atoms with E-state index in [2.05, 4.69) is 0 Å². The van der Waals surface area contributed by atoms with E-state index in [1.54, 1.807) is 30.3 Å². The molecule has 0 bridgehead atoms. The van der Waals surface area contributed by atoms with Crippen molar-refractivity contribution in [3.63, 3.8) is 0 Å². The van der Waals surface area contributed by atoms with Gasteiger partial charge in [0.05, 0.1) is 12.7 Å². The zero-order valence-electron chi connectivity index (χ0n) is 19.5. The Morgan fingerprint density at radius 3 is 2.21 bits per heavy atom. The van der Waals surface area contributed by atoms with Crippen molar-refractivity contribution in [3.05, 3.63) is 94.3 Å². The lowest BCUT2D eigenvalue weighted by Crippen LogP contribution is -2.18. The van der Waals surface area contributed by atoms with Gasteiger partial charge in [-0.05, 0) is 85.3 Å². The van der Waals surface area contributed by atoms with Crippen LogP contribution in [0.25, 0.3) is 11.1 Å². The molecule has 5 heteroatoms. The summed E-state index contributed by atoms with van der Waals surface area (Å²) >= 11 is 0. The monoisotopic (exact) mass is 468 g/mol. The molecule has 0 amide bonds. The number of hydrogen-bond acceptors (Lipinski definition) is 2. The molecule has 0 atom stereocenters. The van der Waals surface area contributed by atoms with Crippen LogP contribution < -0.4 is 0 Å². The fourth-order valence-corrected chi connectivity index (χ4v) is 4.72. The maximum atomic E-state index is 14.9. The van der Waals surface area contributed by atoms with Crippen molar-refractivity contribution in [1.82, 2.24) is 0 Å². The summed E-state index contributed by atoms with van der Waals surface area (Å²) in [7, 11) is 0. The standard InChI is InChI=1S/C29H31F3O2/c1-2-34-18-20-6-10-23(27(30)17-20)9-5-19-3-7-21(8-4-19)25-15-16-26(29(32)28(25)31)22-11-13-24(33)14-12-22/h3-4,6-8,10,15-17,22,24,33H,2,5,9,11-14,18H2,1H3. The van der Waals surface area contributed by atoms with Crippen molar-refractivity contribution in [2.45, 2.75) is 64.1 Å². The minimum atomic E-state index is -0.828. The van der Waals surface area contributed by atoms with E-state index < -0.39 is 11.6 Å². The summed E-state index contributed by atoms with van der Waals surface area (Å²) in [5, 5.41) is 9.68. The van der Waals surface area contributed by atoms with Crippen molar-refractivity contribution >= 4 is 0 Å². The lowest BCUT2D eigenvalue weighted by Gasteiger charge is -2.26. The molecule has 1 fully saturated rings. The first kappa shape index (κ1) is 24.5. The number of ether oxygens (including phenoxy) is 1. The largest absolute Gasteiger partial charge is 0.393 e. The van der Waals surface area contributed by atoms with E-state index in [0.29, 0.717) is 68.4 Å². The molecule has 3 aromatic rings. The second-order valence-electron chi connectivity index (χ2n) is 9.10. The zero-order chi connectivity index (χ0) is 24.1. The molecule has 2 nitrogen and oxygen atoms in total. The van der Waals surface area contributed by atoms with Crippen LogP contribution >= 0.6 is 0 Å². The first-order chi connectivity index (χ1) is 16.5. The van der Waals surface area contributed by atoms with E-state index in [1.807, 2.05) is 25.1 Å². The number of aliphatic hydroxyl groups is 1. The molecule has 0 spiro atoms. The van der Waals surface area contributed by atoms with Gasteiger partial charge in [0.2, 0.25) is 0 Å². The molecular formula is C29H31F3O2. The van der Waals surface area contributed by atoms with Gasteiger partial charge in [0, 0.05) is 12.2 Å². The predicted molar refractivity (Wildman–Crippen MR) is 128 cm³/mol. The topological polar surface area (TPSA) is 29.5 Å². The third-order valence-electron chi connectivity index (χ3n) is 6.79. The predicted octanol–water partition coefficient (Wildman–Crippen LogP) is 7.11. The molecule has 0 radical (unpaired) electrons. The van der Waals surface area contributed by atoms with E-state index in [9.17, 15) is 18.3 Å². The Morgan fingerprint density at radius 2 is 1.53 bits per heavy atom. The first-order valence-corrected chi connectivity index (χ1v) is 12.1. The average Bonchev–Trinajstić information content (AvgIpc) is 2.85. The smallest absolute Gasteiger partial charge is 0.166 e. The SMILES string of the molecule is CCOCc1ccc(CCc2ccc(-c3ccc(C4CCC(O)CC4)c(F)c3F)cc2)c(F)c1. The summed E-state index contributed by atoms with van der Waals surface area (Å²) in [4.78, 5) is 0. The highest BCUT2D eigenvalue weighted by atomic mass is 19.2. The van der Waals surface area contributed by atoms with E-state index in [1.165, 1.54) is 6.07 Å². The van der Waals surface area contributed by atoms with Crippen LogP contribution in [0.3, 0.4) is 0 Å². The number of rotatable bonds is 8. The fraction of sp³-hybridized carbons (Fsp3) is 0.379. The maximum absolute atomic E-state index is 14.9. The van der Waals surface area contributed by atoms with E-state index in [-0.39, 0.29) is 23.4 Å². The average molecular weight is 469 g/mol. The zero-order valence-corrected chi connectivity index (χ0v) is 19.5. The molecule has 4 rings (SSSR count). The summed E-state index contributed by atoms with van der Waals surface area (Å²) in [5.74, 6) is -1.90. The van der Waals surface area contributed by atoms with Crippen LogP contribution in [-0.4, -0.2) is 17.8 Å². The van der Waals surface area contributed by atoms with Crippen molar-refractivity contribution in [1.29, 1.82) is 0 Å². The fourth-order valence-electron chi connectivity index (χ4n) is 4.72. The second-order valence-corrected chi connectivity index (χ2v) is 9.10. The normalized spacial score (nSPS) is 18.3. The molecule has 1 aliphatic rings. The van der Waals surface area contributed by atoms with E-state index in [4.69, 9.17) is 4.74 Å². The van der Waals surface area contributed by atoms with Gasteiger partial charge in [-0.2, -0.15) is 0 Å².